The second-order valence-electron chi connectivity index (χ2n) is 4.88. The second kappa shape index (κ2) is 4.71. The molecule has 3 unspecified atom stereocenters. The predicted molar refractivity (Wildman–Crippen MR) is 67.2 cm³/mol. The number of aliphatic hydroxyl groups is 1. The van der Waals surface area contributed by atoms with Crippen LogP contribution in [0.1, 0.15) is 19.2 Å². The van der Waals surface area contributed by atoms with Crippen molar-refractivity contribution in [3.8, 4) is 0 Å². The summed E-state index contributed by atoms with van der Waals surface area (Å²) in [5, 5.41) is 10.2. The number of aromatic nitrogens is 1. The van der Waals surface area contributed by atoms with Crippen molar-refractivity contribution in [1.82, 2.24) is 4.98 Å². The Hall–Kier alpha value is -1.39. The molecular weight excluding hydrogens is 230 g/mol. The van der Waals surface area contributed by atoms with Crippen LogP contribution >= 0.6 is 0 Å². The Bertz CT molecular complexity index is 504. The zero-order valence-electron chi connectivity index (χ0n) is 10.4. The number of hydrogen-bond acceptors (Lipinski definition) is 4. The molecule has 0 bridgehead atoms. The third-order valence-corrected chi connectivity index (χ3v) is 3.65. The Morgan fingerprint density at radius 2 is 2.28 bits per heavy atom. The van der Waals surface area contributed by atoms with Gasteiger partial charge in [0.25, 0.3) is 0 Å². The van der Waals surface area contributed by atoms with E-state index in [1.54, 1.807) is 0 Å². The molecule has 1 aromatic heterocycles. The van der Waals surface area contributed by atoms with E-state index in [4.69, 9.17) is 9.15 Å². The molecule has 1 N–H and O–H groups in total. The molecule has 0 aliphatic carbocycles. The van der Waals surface area contributed by atoms with Crippen molar-refractivity contribution in [3.05, 3.63) is 30.2 Å². The summed E-state index contributed by atoms with van der Waals surface area (Å²) >= 11 is 0. The highest BCUT2D eigenvalue weighted by Crippen LogP contribution is 2.26. The monoisotopic (exact) mass is 247 g/mol. The molecule has 1 aliphatic heterocycles. The Kier molecular flexibility index (Phi) is 3.06. The van der Waals surface area contributed by atoms with Crippen LogP contribution < -0.4 is 0 Å². The van der Waals surface area contributed by atoms with Crippen molar-refractivity contribution in [2.45, 2.75) is 32.0 Å². The van der Waals surface area contributed by atoms with Crippen molar-refractivity contribution in [2.24, 2.45) is 5.92 Å². The zero-order valence-corrected chi connectivity index (χ0v) is 10.4. The molecule has 4 nitrogen and oxygen atoms in total. The summed E-state index contributed by atoms with van der Waals surface area (Å²) < 4.78 is 11.1. The lowest BCUT2D eigenvalue weighted by Crippen LogP contribution is -2.28. The van der Waals surface area contributed by atoms with Gasteiger partial charge in [0, 0.05) is 12.5 Å². The van der Waals surface area contributed by atoms with E-state index in [1.165, 1.54) is 0 Å². The van der Waals surface area contributed by atoms with Crippen LogP contribution in [0.3, 0.4) is 0 Å². The maximum Gasteiger partial charge on any atom is 0.198 e. The fraction of sp³-hybridized carbons (Fsp3) is 0.500. The molecule has 0 amide bonds. The van der Waals surface area contributed by atoms with Gasteiger partial charge in [-0.1, -0.05) is 12.1 Å². The number of nitrogens with zero attached hydrogens (tertiary/aromatic N) is 1. The maximum absolute atomic E-state index is 10.2. The molecule has 3 atom stereocenters. The summed E-state index contributed by atoms with van der Waals surface area (Å²) in [7, 11) is 0. The number of para-hydroxylation sites is 2. The van der Waals surface area contributed by atoms with Gasteiger partial charge in [0.15, 0.2) is 11.5 Å². The molecule has 0 spiro atoms. The molecule has 1 saturated heterocycles. The summed E-state index contributed by atoms with van der Waals surface area (Å²) in [6.45, 7) is 2.74. The predicted octanol–water partition coefficient (Wildman–Crippen LogP) is 2.16. The first-order chi connectivity index (χ1) is 8.74. The van der Waals surface area contributed by atoms with Gasteiger partial charge in [-0.2, -0.15) is 0 Å². The topological polar surface area (TPSA) is 55.5 Å². The summed E-state index contributed by atoms with van der Waals surface area (Å²) in [6, 6.07) is 7.65. The normalized spacial score (nSPS) is 25.7. The quantitative estimate of drug-likeness (QED) is 0.903. The second-order valence-corrected chi connectivity index (χ2v) is 4.88. The van der Waals surface area contributed by atoms with Gasteiger partial charge < -0.3 is 14.3 Å². The number of fused-ring (bicyclic) bond motifs is 1. The lowest BCUT2D eigenvalue weighted by atomic mass is 9.94. The van der Waals surface area contributed by atoms with Crippen molar-refractivity contribution in [1.29, 1.82) is 0 Å². The number of rotatable bonds is 3. The van der Waals surface area contributed by atoms with Crippen molar-refractivity contribution >= 4 is 11.1 Å². The molecule has 0 saturated carbocycles. The first kappa shape index (κ1) is 11.7. The number of aliphatic hydroxyl groups excluding tert-OH is 1. The zero-order chi connectivity index (χ0) is 12.5. The molecular formula is C14H17NO3. The maximum atomic E-state index is 10.2. The molecule has 0 radical (unpaired) electrons. The van der Waals surface area contributed by atoms with E-state index >= 15 is 0 Å². The smallest absolute Gasteiger partial charge is 0.198 e. The van der Waals surface area contributed by atoms with Crippen LogP contribution in [0.15, 0.2) is 28.7 Å². The first-order valence-corrected chi connectivity index (χ1v) is 6.38. The summed E-state index contributed by atoms with van der Waals surface area (Å²) in [4.78, 5) is 4.38. The van der Waals surface area contributed by atoms with E-state index < -0.39 is 6.10 Å². The Morgan fingerprint density at radius 3 is 3.00 bits per heavy atom. The third-order valence-electron chi connectivity index (χ3n) is 3.65. The molecule has 96 valence electrons. The number of hydrogen-bond donors (Lipinski definition) is 1. The Balaban J connectivity index is 1.75. The van der Waals surface area contributed by atoms with Gasteiger partial charge in [-0.3, -0.25) is 0 Å². The van der Waals surface area contributed by atoms with E-state index in [2.05, 4.69) is 4.98 Å². The van der Waals surface area contributed by atoms with Crippen LogP contribution in [0.2, 0.25) is 0 Å². The lowest BCUT2D eigenvalue weighted by Gasteiger charge is -2.19. The van der Waals surface area contributed by atoms with Crippen LogP contribution in [0.4, 0.5) is 0 Å². The minimum Gasteiger partial charge on any atom is -0.441 e. The lowest BCUT2D eigenvalue weighted by molar-refractivity contribution is 0.0413. The fourth-order valence-corrected chi connectivity index (χ4v) is 2.59. The van der Waals surface area contributed by atoms with Crippen LogP contribution in [-0.4, -0.2) is 28.9 Å². The van der Waals surface area contributed by atoms with Crippen molar-refractivity contribution < 1.29 is 14.3 Å². The van der Waals surface area contributed by atoms with E-state index in [-0.39, 0.29) is 12.0 Å². The minimum absolute atomic E-state index is 0.115. The largest absolute Gasteiger partial charge is 0.441 e. The average molecular weight is 247 g/mol. The van der Waals surface area contributed by atoms with Gasteiger partial charge in [-0.05, 0) is 25.5 Å². The minimum atomic E-state index is -0.449. The summed E-state index contributed by atoms with van der Waals surface area (Å²) in [5.41, 5.74) is 1.62. The number of oxazole rings is 1. The summed E-state index contributed by atoms with van der Waals surface area (Å²) in [6.07, 6.45) is 1.02. The van der Waals surface area contributed by atoms with Crippen LogP contribution in [-0.2, 0) is 11.2 Å². The summed E-state index contributed by atoms with van der Waals surface area (Å²) in [5.74, 6) is 0.780. The van der Waals surface area contributed by atoms with E-state index in [1.807, 2.05) is 31.2 Å². The average Bonchev–Trinajstić information content (AvgIpc) is 2.94. The van der Waals surface area contributed by atoms with Gasteiger partial charge in [0.2, 0.25) is 0 Å². The standard InChI is InChI=1S/C14H17NO3/c1-9-10(6-7-17-9)12(16)8-14-15-11-4-2-3-5-13(11)18-14/h2-5,9-10,12,16H,6-8H2,1H3. The molecule has 3 rings (SSSR count). The highest BCUT2D eigenvalue weighted by Gasteiger charge is 2.31. The van der Waals surface area contributed by atoms with E-state index in [9.17, 15) is 5.11 Å². The van der Waals surface area contributed by atoms with Gasteiger partial charge in [-0.15, -0.1) is 0 Å². The third kappa shape index (κ3) is 2.13. The number of ether oxygens (including phenoxy) is 1. The first-order valence-electron chi connectivity index (χ1n) is 6.38. The van der Waals surface area contributed by atoms with E-state index in [0.717, 1.165) is 24.1 Å². The molecule has 1 aliphatic rings. The van der Waals surface area contributed by atoms with Gasteiger partial charge >= 0.3 is 0 Å². The van der Waals surface area contributed by atoms with Crippen molar-refractivity contribution in [2.75, 3.05) is 6.61 Å². The molecule has 2 aromatic rings. The molecule has 1 fully saturated rings. The van der Waals surface area contributed by atoms with Crippen LogP contribution in [0, 0.1) is 5.92 Å². The van der Waals surface area contributed by atoms with Gasteiger partial charge in [-0.25, -0.2) is 4.98 Å². The highest BCUT2D eigenvalue weighted by atomic mass is 16.5. The van der Waals surface area contributed by atoms with Gasteiger partial charge in [0.05, 0.1) is 18.6 Å². The van der Waals surface area contributed by atoms with Crippen LogP contribution in [0.25, 0.3) is 11.1 Å². The number of benzene rings is 1. The van der Waals surface area contributed by atoms with Gasteiger partial charge in [0.1, 0.15) is 5.52 Å². The Morgan fingerprint density at radius 1 is 1.44 bits per heavy atom. The van der Waals surface area contributed by atoms with E-state index in [0.29, 0.717) is 12.3 Å². The SMILES string of the molecule is CC1OCCC1C(O)Cc1nc2ccccc2o1. The molecule has 18 heavy (non-hydrogen) atoms. The fourth-order valence-electron chi connectivity index (χ4n) is 2.59. The Labute approximate surface area is 106 Å². The molecule has 1 aromatic carbocycles. The highest BCUT2D eigenvalue weighted by molar-refractivity contribution is 5.72. The molecule has 2 heterocycles. The van der Waals surface area contributed by atoms with Crippen molar-refractivity contribution in [3.63, 3.8) is 0 Å². The van der Waals surface area contributed by atoms with Crippen LogP contribution in [0.5, 0.6) is 0 Å². The molecule has 4 heteroatoms.